The van der Waals surface area contributed by atoms with Gasteiger partial charge < -0.3 is 10.4 Å². The summed E-state index contributed by atoms with van der Waals surface area (Å²) in [6, 6.07) is 8.43. The zero-order valence-electron chi connectivity index (χ0n) is 12.2. The molecule has 0 radical (unpaired) electrons. The fraction of sp³-hybridized carbons (Fsp3) is 0.647. The zero-order chi connectivity index (χ0) is 13.8. The number of rotatable bonds is 3. The number of piperazine rings is 1. The van der Waals surface area contributed by atoms with Gasteiger partial charge in [-0.05, 0) is 36.5 Å². The maximum absolute atomic E-state index is 9.83. The average molecular weight is 274 g/mol. The lowest BCUT2D eigenvalue weighted by atomic mass is 9.80. The molecule has 0 amide bonds. The Bertz CT molecular complexity index is 405. The largest absolute Gasteiger partial charge is 0.508 e. The summed E-state index contributed by atoms with van der Waals surface area (Å²) in [7, 11) is 0. The van der Waals surface area contributed by atoms with E-state index < -0.39 is 0 Å². The van der Waals surface area contributed by atoms with E-state index in [-0.39, 0.29) is 0 Å². The Labute approximate surface area is 122 Å². The molecule has 110 valence electrons. The number of aromatic hydroxyl groups is 1. The second-order valence-electron chi connectivity index (χ2n) is 6.22. The standard InChI is InChI=1S/C17H26N2O/c20-16-8-4-7-15(13-16)17(14-5-2-1-3-6-14)19-11-9-18-10-12-19/h4,7-8,13-14,17-18,20H,1-3,5-6,9-12H2/t17-/m0/s1. The van der Waals surface area contributed by atoms with Crippen LogP contribution in [0.25, 0.3) is 0 Å². The van der Waals surface area contributed by atoms with E-state index >= 15 is 0 Å². The highest BCUT2D eigenvalue weighted by atomic mass is 16.3. The summed E-state index contributed by atoms with van der Waals surface area (Å²) < 4.78 is 0. The van der Waals surface area contributed by atoms with Crippen LogP contribution < -0.4 is 5.32 Å². The van der Waals surface area contributed by atoms with E-state index in [9.17, 15) is 5.11 Å². The van der Waals surface area contributed by atoms with Crippen molar-refractivity contribution in [3.63, 3.8) is 0 Å². The molecular formula is C17H26N2O. The molecule has 1 aliphatic carbocycles. The molecule has 1 heterocycles. The SMILES string of the molecule is Oc1cccc([C@H](C2CCCCC2)N2CCNCC2)c1. The lowest BCUT2D eigenvalue weighted by Crippen LogP contribution is -2.47. The van der Waals surface area contributed by atoms with Gasteiger partial charge in [0.15, 0.2) is 0 Å². The molecule has 1 aromatic carbocycles. The van der Waals surface area contributed by atoms with Gasteiger partial charge in [-0.15, -0.1) is 0 Å². The molecule has 1 saturated heterocycles. The molecular weight excluding hydrogens is 248 g/mol. The molecule has 2 N–H and O–H groups in total. The van der Waals surface area contributed by atoms with E-state index in [0.29, 0.717) is 11.8 Å². The van der Waals surface area contributed by atoms with Crippen molar-refractivity contribution in [3.05, 3.63) is 29.8 Å². The Morgan fingerprint density at radius 3 is 2.55 bits per heavy atom. The minimum atomic E-state index is 0.401. The van der Waals surface area contributed by atoms with Gasteiger partial charge in [-0.1, -0.05) is 31.4 Å². The average Bonchev–Trinajstić information content (AvgIpc) is 2.50. The van der Waals surface area contributed by atoms with Crippen LogP contribution in [0.5, 0.6) is 5.75 Å². The Kier molecular flexibility index (Phi) is 4.58. The van der Waals surface area contributed by atoms with E-state index in [1.165, 1.54) is 37.7 Å². The number of phenolic OH excluding ortho intramolecular Hbond substituents is 1. The van der Waals surface area contributed by atoms with Crippen LogP contribution >= 0.6 is 0 Å². The summed E-state index contributed by atoms with van der Waals surface area (Å²) in [6.07, 6.45) is 6.80. The van der Waals surface area contributed by atoms with Crippen LogP contribution in [0.4, 0.5) is 0 Å². The van der Waals surface area contributed by atoms with Crippen molar-refractivity contribution in [2.24, 2.45) is 5.92 Å². The first kappa shape index (κ1) is 13.9. The lowest BCUT2D eigenvalue weighted by Gasteiger charge is -2.41. The summed E-state index contributed by atoms with van der Waals surface area (Å²) >= 11 is 0. The third kappa shape index (κ3) is 3.15. The molecule has 2 aliphatic rings. The van der Waals surface area contributed by atoms with Crippen LogP contribution in [-0.4, -0.2) is 36.2 Å². The highest BCUT2D eigenvalue weighted by Gasteiger charge is 2.30. The van der Waals surface area contributed by atoms with Crippen molar-refractivity contribution in [2.45, 2.75) is 38.1 Å². The molecule has 0 unspecified atom stereocenters. The monoisotopic (exact) mass is 274 g/mol. The van der Waals surface area contributed by atoms with Gasteiger partial charge in [0.2, 0.25) is 0 Å². The number of hydrogen-bond acceptors (Lipinski definition) is 3. The molecule has 0 bridgehead atoms. The first-order chi connectivity index (χ1) is 9.84. The number of hydrogen-bond donors (Lipinski definition) is 2. The fourth-order valence-corrected chi connectivity index (χ4v) is 3.90. The quantitative estimate of drug-likeness (QED) is 0.889. The Morgan fingerprint density at radius 1 is 1.10 bits per heavy atom. The van der Waals surface area contributed by atoms with Gasteiger partial charge in [0.1, 0.15) is 5.75 Å². The third-order valence-corrected chi connectivity index (χ3v) is 4.85. The molecule has 3 heteroatoms. The van der Waals surface area contributed by atoms with Crippen LogP contribution in [0, 0.1) is 5.92 Å². The van der Waals surface area contributed by atoms with E-state index in [4.69, 9.17) is 0 Å². The Hall–Kier alpha value is -1.06. The highest BCUT2D eigenvalue weighted by molar-refractivity contribution is 5.30. The smallest absolute Gasteiger partial charge is 0.115 e. The molecule has 3 nitrogen and oxygen atoms in total. The van der Waals surface area contributed by atoms with Crippen LogP contribution in [-0.2, 0) is 0 Å². The van der Waals surface area contributed by atoms with Crippen molar-refractivity contribution < 1.29 is 5.11 Å². The predicted molar refractivity (Wildman–Crippen MR) is 81.9 cm³/mol. The molecule has 1 aliphatic heterocycles. The van der Waals surface area contributed by atoms with Gasteiger partial charge in [0.05, 0.1) is 0 Å². The van der Waals surface area contributed by atoms with Crippen molar-refractivity contribution in [2.75, 3.05) is 26.2 Å². The topological polar surface area (TPSA) is 35.5 Å². The summed E-state index contributed by atoms with van der Waals surface area (Å²) in [6.45, 7) is 4.41. The van der Waals surface area contributed by atoms with Crippen molar-refractivity contribution in [1.29, 1.82) is 0 Å². The van der Waals surface area contributed by atoms with Gasteiger partial charge in [0.25, 0.3) is 0 Å². The van der Waals surface area contributed by atoms with Crippen molar-refractivity contribution in [1.82, 2.24) is 10.2 Å². The first-order valence-electron chi connectivity index (χ1n) is 8.08. The zero-order valence-corrected chi connectivity index (χ0v) is 12.2. The van der Waals surface area contributed by atoms with Gasteiger partial charge in [-0.2, -0.15) is 0 Å². The number of nitrogens with one attached hydrogen (secondary N) is 1. The second kappa shape index (κ2) is 6.59. The minimum Gasteiger partial charge on any atom is -0.508 e. The maximum atomic E-state index is 9.83. The van der Waals surface area contributed by atoms with Gasteiger partial charge in [-0.25, -0.2) is 0 Å². The normalized spacial score (nSPS) is 23.6. The molecule has 2 fully saturated rings. The van der Waals surface area contributed by atoms with Crippen LogP contribution in [0.3, 0.4) is 0 Å². The highest BCUT2D eigenvalue weighted by Crippen LogP contribution is 2.39. The number of nitrogens with zero attached hydrogens (tertiary/aromatic N) is 1. The minimum absolute atomic E-state index is 0.401. The molecule has 3 rings (SSSR count). The molecule has 0 spiro atoms. The predicted octanol–water partition coefficient (Wildman–Crippen LogP) is 2.92. The fourth-order valence-electron chi connectivity index (χ4n) is 3.90. The number of phenols is 1. The van der Waals surface area contributed by atoms with Gasteiger partial charge >= 0.3 is 0 Å². The second-order valence-corrected chi connectivity index (χ2v) is 6.22. The van der Waals surface area contributed by atoms with E-state index in [2.05, 4.69) is 16.3 Å². The van der Waals surface area contributed by atoms with Crippen LogP contribution in [0.2, 0.25) is 0 Å². The van der Waals surface area contributed by atoms with E-state index in [1.54, 1.807) is 6.07 Å². The molecule has 0 aromatic heterocycles. The van der Waals surface area contributed by atoms with Crippen LogP contribution in [0.15, 0.2) is 24.3 Å². The molecule has 1 atom stereocenters. The van der Waals surface area contributed by atoms with E-state index in [0.717, 1.165) is 32.1 Å². The van der Waals surface area contributed by atoms with Crippen LogP contribution in [0.1, 0.15) is 43.7 Å². The Balaban J connectivity index is 1.85. The van der Waals surface area contributed by atoms with Gasteiger partial charge in [0, 0.05) is 32.2 Å². The van der Waals surface area contributed by atoms with E-state index in [1.807, 2.05) is 12.1 Å². The first-order valence-corrected chi connectivity index (χ1v) is 8.08. The summed E-state index contributed by atoms with van der Waals surface area (Å²) in [5, 5.41) is 13.3. The molecule has 20 heavy (non-hydrogen) atoms. The Morgan fingerprint density at radius 2 is 1.85 bits per heavy atom. The molecule has 1 aromatic rings. The maximum Gasteiger partial charge on any atom is 0.115 e. The number of benzene rings is 1. The summed E-state index contributed by atoms with van der Waals surface area (Å²) in [5.74, 6) is 1.15. The summed E-state index contributed by atoms with van der Waals surface area (Å²) in [4.78, 5) is 2.63. The molecule has 1 saturated carbocycles. The summed E-state index contributed by atoms with van der Waals surface area (Å²) in [5.41, 5.74) is 1.30. The lowest BCUT2D eigenvalue weighted by molar-refractivity contribution is 0.103. The van der Waals surface area contributed by atoms with Crippen molar-refractivity contribution in [3.8, 4) is 5.75 Å². The van der Waals surface area contributed by atoms with Crippen molar-refractivity contribution >= 4 is 0 Å². The third-order valence-electron chi connectivity index (χ3n) is 4.85. The van der Waals surface area contributed by atoms with Gasteiger partial charge in [-0.3, -0.25) is 4.90 Å².